The lowest BCUT2D eigenvalue weighted by atomic mass is 9.49. The van der Waals surface area contributed by atoms with E-state index in [9.17, 15) is 0 Å². The first-order chi connectivity index (χ1) is 12.4. The first kappa shape index (κ1) is 12.9. The average molecular weight is 324 g/mol. The molecule has 2 saturated carbocycles. The van der Waals surface area contributed by atoms with Crippen LogP contribution < -0.4 is 0 Å². The molecule has 8 atom stereocenters. The van der Waals surface area contributed by atoms with Crippen LogP contribution >= 0.6 is 0 Å². The number of hydrogen-bond donors (Lipinski definition) is 0. The Hall–Kier alpha value is -2.35. The molecule has 25 heavy (non-hydrogen) atoms. The Morgan fingerprint density at radius 3 is 2.36 bits per heavy atom. The number of fused-ring (bicyclic) bond motifs is 3. The van der Waals surface area contributed by atoms with Crippen LogP contribution in [0.1, 0.15) is 17.2 Å². The van der Waals surface area contributed by atoms with E-state index in [0.717, 1.165) is 35.3 Å². The molecule has 2 unspecified atom stereocenters. The van der Waals surface area contributed by atoms with E-state index in [4.69, 9.17) is 5.10 Å². The van der Waals surface area contributed by atoms with Crippen molar-refractivity contribution in [3.63, 3.8) is 0 Å². The number of para-hydroxylation sites is 1. The summed E-state index contributed by atoms with van der Waals surface area (Å²) in [6, 6.07) is 10.5. The summed E-state index contributed by atoms with van der Waals surface area (Å²) in [6.07, 6.45) is 17.1. The van der Waals surface area contributed by atoms with E-state index in [1.165, 1.54) is 11.3 Å². The van der Waals surface area contributed by atoms with Gasteiger partial charge in [-0.2, -0.15) is 5.10 Å². The zero-order chi connectivity index (χ0) is 16.1. The van der Waals surface area contributed by atoms with Gasteiger partial charge < -0.3 is 0 Å². The lowest BCUT2D eigenvalue weighted by Crippen LogP contribution is -2.48. The van der Waals surface area contributed by atoms with Gasteiger partial charge in [-0.05, 0) is 65.6 Å². The van der Waals surface area contributed by atoms with Crippen molar-refractivity contribution >= 4 is 6.08 Å². The Kier molecular flexibility index (Phi) is 2.19. The highest BCUT2D eigenvalue weighted by atomic mass is 15.3. The molecule has 122 valence electrons. The molecule has 0 radical (unpaired) electrons. The molecule has 2 nitrogen and oxygen atoms in total. The zero-order valence-corrected chi connectivity index (χ0v) is 13.9. The molecular weight excluding hydrogens is 304 g/mol. The second-order valence-corrected chi connectivity index (χ2v) is 8.45. The molecule has 2 aromatic rings. The van der Waals surface area contributed by atoms with Crippen molar-refractivity contribution in [2.24, 2.45) is 41.4 Å². The maximum absolute atomic E-state index is 4.89. The summed E-state index contributed by atoms with van der Waals surface area (Å²) >= 11 is 0. The van der Waals surface area contributed by atoms with Gasteiger partial charge in [-0.1, -0.05) is 48.6 Å². The maximum atomic E-state index is 4.89. The fraction of sp³-hybridized carbons (Fsp3) is 0.348. The van der Waals surface area contributed by atoms with E-state index < -0.39 is 0 Å². The third-order valence-corrected chi connectivity index (χ3v) is 7.54. The molecule has 0 amide bonds. The predicted molar refractivity (Wildman–Crippen MR) is 98.0 cm³/mol. The minimum Gasteiger partial charge on any atom is -0.240 e. The predicted octanol–water partition coefficient (Wildman–Crippen LogP) is 4.46. The van der Waals surface area contributed by atoms with E-state index in [1.807, 2.05) is 0 Å². The molecule has 6 aliphatic carbocycles. The molecule has 0 N–H and O–H groups in total. The van der Waals surface area contributed by atoms with Crippen molar-refractivity contribution in [1.82, 2.24) is 9.78 Å². The Balaban J connectivity index is 1.33. The van der Waals surface area contributed by atoms with Gasteiger partial charge in [0.15, 0.2) is 0 Å². The van der Waals surface area contributed by atoms with Gasteiger partial charge in [-0.25, -0.2) is 4.68 Å². The molecule has 4 bridgehead atoms. The zero-order valence-electron chi connectivity index (χ0n) is 13.9. The number of rotatable bonds is 1. The van der Waals surface area contributed by atoms with Crippen LogP contribution in [0, 0.1) is 41.4 Å². The summed E-state index contributed by atoms with van der Waals surface area (Å²) in [7, 11) is 0. The molecule has 6 aliphatic rings. The lowest BCUT2D eigenvalue weighted by Gasteiger charge is -2.54. The van der Waals surface area contributed by atoms with Crippen molar-refractivity contribution in [2.75, 3.05) is 0 Å². The van der Waals surface area contributed by atoms with Gasteiger partial charge in [0, 0.05) is 11.8 Å². The van der Waals surface area contributed by atoms with Gasteiger partial charge >= 0.3 is 0 Å². The number of allylic oxidation sites excluding steroid dienone is 5. The van der Waals surface area contributed by atoms with Gasteiger partial charge in [0.2, 0.25) is 0 Å². The molecule has 0 saturated heterocycles. The topological polar surface area (TPSA) is 17.8 Å². The van der Waals surface area contributed by atoms with Crippen LogP contribution in [0.4, 0.5) is 0 Å². The average Bonchev–Trinajstić information content (AvgIpc) is 3.25. The fourth-order valence-corrected chi connectivity index (χ4v) is 6.47. The molecule has 0 aliphatic heterocycles. The second-order valence-electron chi connectivity index (χ2n) is 8.45. The highest BCUT2D eigenvalue weighted by Gasteiger charge is 2.66. The first-order valence-electron chi connectivity index (χ1n) is 9.60. The molecule has 2 fully saturated rings. The molecule has 8 rings (SSSR count). The van der Waals surface area contributed by atoms with Crippen LogP contribution in [0.15, 0.2) is 66.9 Å². The van der Waals surface area contributed by atoms with Crippen molar-refractivity contribution in [2.45, 2.75) is 5.92 Å². The number of benzene rings is 1. The molecular formula is C23H20N2. The van der Waals surface area contributed by atoms with Crippen molar-refractivity contribution in [1.29, 1.82) is 0 Å². The summed E-state index contributed by atoms with van der Waals surface area (Å²) in [5.41, 5.74) is 3.84. The van der Waals surface area contributed by atoms with Gasteiger partial charge in [-0.3, -0.25) is 0 Å². The summed E-state index contributed by atoms with van der Waals surface area (Å²) in [6.45, 7) is 0. The number of hydrogen-bond acceptors (Lipinski definition) is 1. The van der Waals surface area contributed by atoms with E-state index in [-0.39, 0.29) is 0 Å². The molecule has 0 spiro atoms. The highest BCUT2D eigenvalue weighted by Crippen LogP contribution is 2.72. The highest BCUT2D eigenvalue weighted by molar-refractivity contribution is 5.58. The molecule has 2 heteroatoms. The molecule has 1 aromatic carbocycles. The first-order valence-corrected chi connectivity index (χ1v) is 9.60. The van der Waals surface area contributed by atoms with Gasteiger partial charge in [0.25, 0.3) is 0 Å². The van der Waals surface area contributed by atoms with Crippen LogP contribution in [0.5, 0.6) is 0 Å². The van der Waals surface area contributed by atoms with Crippen molar-refractivity contribution in [3.8, 4) is 5.69 Å². The monoisotopic (exact) mass is 324 g/mol. The van der Waals surface area contributed by atoms with Crippen LogP contribution in [0.25, 0.3) is 11.8 Å². The van der Waals surface area contributed by atoms with Crippen molar-refractivity contribution < 1.29 is 0 Å². The van der Waals surface area contributed by atoms with Crippen molar-refractivity contribution in [3.05, 3.63) is 78.2 Å². The summed E-state index contributed by atoms with van der Waals surface area (Å²) in [4.78, 5) is 0. The second kappa shape index (κ2) is 4.24. The van der Waals surface area contributed by atoms with E-state index >= 15 is 0 Å². The minimum absolute atomic E-state index is 0.654. The van der Waals surface area contributed by atoms with Gasteiger partial charge in [-0.15, -0.1) is 0 Å². The van der Waals surface area contributed by atoms with Crippen LogP contribution in [0.3, 0.4) is 0 Å². The van der Waals surface area contributed by atoms with Crippen LogP contribution in [-0.4, -0.2) is 9.78 Å². The van der Waals surface area contributed by atoms with Crippen LogP contribution in [-0.2, 0) is 0 Å². The fourth-order valence-electron chi connectivity index (χ4n) is 6.47. The van der Waals surface area contributed by atoms with E-state index in [2.05, 4.69) is 77.7 Å². The standard InChI is InChI=1S/C23H20N2/c1-2-4-14(5-3-1)25-12-18-19(24-25)11-10-17-20-13-6-8-15-16(9-7-13)21(15)23(20)22(17)18/h1-13,15-17,20-23H/t13?,15-,16+,17-,20-,21?,22+,23-/m1/s1. The maximum Gasteiger partial charge on any atom is 0.0887 e. The minimum atomic E-state index is 0.654. The largest absolute Gasteiger partial charge is 0.240 e. The Morgan fingerprint density at radius 2 is 1.56 bits per heavy atom. The Morgan fingerprint density at radius 1 is 0.760 bits per heavy atom. The summed E-state index contributed by atoms with van der Waals surface area (Å²) in [5.74, 6) is 6.20. The van der Waals surface area contributed by atoms with Gasteiger partial charge in [0.05, 0.1) is 11.4 Å². The van der Waals surface area contributed by atoms with E-state index in [1.54, 1.807) is 0 Å². The SMILES string of the molecule is C1=C[C@H]2[C@@H](c3cn(-c4ccccc4)nc31)[C@H]1C3[C@H]4C=CC(C=C[C@@H]34)[C@H]21. The van der Waals surface area contributed by atoms with E-state index in [0.29, 0.717) is 17.8 Å². The third-order valence-electron chi connectivity index (χ3n) is 7.54. The smallest absolute Gasteiger partial charge is 0.0887 e. The van der Waals surface area contributed by atoms with Crippen LogP contribution in [0.2, 0.25) is 0 Å². The Bertz CT molecular complexity index is 943. The normalized spacial score (nSPS) is 43.5. The summed E-state index contributed by atoms with van der Waals surface area (Å²) < 4.78 is 2.08. The summed E-state index contributed by atoms with van der Waals surface area (Å²) in [5, 5.41) is 4.89. The third kappa shape index (κ3) is 1.50. The quantitative estimate of drug-likeness (QED) is 0.708. The molecule has 1 heterocycles. The number of aromatic nitrogens is 2. The Labute approximate surface area is 147 Å². The number of nitrogens with zero attached hydrogens (tertiary/aromatic N) is 2. The van der Waals surface area contributed by atoms with Gasteiger partial charge in [0.1, 0.15) is 0 Å². The molecule has 1 aromatic heterocycles. The lowest BCUT2D eigenvalue weighted by molar-refractivity contribution is 0.0270.